The van der Waals surface area contributed by atoms with Crippen molar-refractivity contribution in [2.45, 2.75) is 20.3 Å². The first-order chi connectivity index (χ1) is 3.75. The zero-order valence-corrected chi connectivity index (χ0v) is 6.16. The highest BCUT2D eigenvalue weighted by atomic mass is 32.1. The quantitative estimate of drug-likeness (QED) is 0.487. The molecule has 0 N–H and O–H groups in total. The third kappa shape index (κ3) is 0.795. The third-order valence-electron chi connectivity index (χ3n) is 1.98. The summed E-state index contributed by atoms with van der Waals surface area (Å²) in [5.41, 5.74) is 0. The second-order valence-electron chi connectivity index (χ2n) is 2.66. The Kier molecular flexibility index (Phi) is 1.66. The van der Waals surface area contributed by atoms with Crippen molar-refractivity contribution < 1.29 is 0 Å². The molecule has 45 valence electrons. The molecule has 0 aromatic rings. The predicted molar refractivity (Wildman–Crippen MR) is 39.8 cm³/mol. The Morgan fingerprint density at radius 2 is 2.00 bits per heavy atom. The van der Waals surface area contributed by atoms with Crippen LogP contribution in [0.1, 0.15) is 20.3 Å². The van der Waals surface area contributed by atoms with Gasteiger partial charge >= 0.3 is 0 Å². The molecule has 0 saturated heterocycles. The van der Waals surface area contributed by atoms with Crippen molar-refractivity contribution in [3.8, 4) is 0 Å². The number of hydrogen-bond donors (Lipinski definition) is 0. The van der Waals surface area contributed by atoms with Crippen molar-refractivity contribution >= 4 is 17.6 Å². The third-order valence-corrected chi connectivity index (χ3v) is 2.25. The van der Waals surface area contributed by atoms with Gasteiger partial charge in [0.1, 0.15) is 0 Å². The van der Waals surface area contributed by atoms with Crippen LogP contribution >= 0.6 is 12.2 Å². The Hall–Kier alpha value is 0.0900. The lowest BCUT2D eigenvalue weighted by Crippen LogP contribution is -2.30. The van der Waals surface area contributed by atoms with E-state index in [0.717, 1.165) is 11.8 Å². The first-order valence-electron chi connectivity index (χ1n) is 3.07. The van der Waals surface area contributed by atoms with Crippen molar-refractivity contribution in [1.29, 1.82) is 0 Å². The maximum absolute atomic E-state index is 4.82. The summed E-state index contributed by atoms with van der Waals surface area (Å²) in [4.78, 5) is 0. The van der Waals surface area contributed by atoms with Gasteiger partial charge in [0.2, 0.25) is 0 Å². The standard InChI is InChI=1S/C7H11S/c1-5-3-6(2)7(5)4-8/h4-6H,3H2,1-2H3. The van der Waals surface area contributed by atoms with Crippen molar-refractivity contribution in [3.63, 3.8) is 0 Å². The monoisotopic (exact) mass is 127 g/mol. The van der Waals surface area contributed by atoms with E-state index in [2.05, 4.69) is 13.8 Å². The maximum Gasteiger partial charge on any atom is 0.0142 e. The predicted octanol–water partition coefficient (Wildman–Crippen LogP) is 2.24. The van der Waals surface area contributed by atoms with Gasteiger partial charge < -0.3 is 0 Å². The minimum atomic E-state index is 0.780. The Morgan fingerprint density at radius 1 is 1.50 bits per heavy atom. The van der Waals surface area contributed by atoms with Crippen molar-refractivity contribution in [2.24, 2.45) is 11.8 Å². The van der Waals surface area contributed by atoms with E-state index in [-0.39, 0.29) is 0 Å². The van der Waals surface area contributed by atoms with Gasteiger partial charge in [0.25, 0.3) is 0 Å². The van der Waals surface area contributed by atoms with Gasteiger partial charge in [0.05, 0.1) is 0 Å². The van der Waals surface area contributed by atoms with Gasteiger partial charge in [-0.2, -0.15) is 0 Å². The first kappa shape index (κ1) is 6.21. The van der Waals surface area contributed by atoms with Crippen LogP contribution in [0.2, 0.25) is 0 Å². The summed E-state index contributed by atoms with van der Waals surface area (Å²) < 4.78 is 0. The van der Waals surface area contributed by atoms with E-state index in [1.807, 2.05) is 5.37 Å². The Labute approximate surface area is 56.3 Å². The largest absolute Gasteiger partial charge is 0.0928 e. The summed E-state index contributed by atoms with van der Waals surface area (Å²) in [5.74, 6) is 3.03. The second-order valence-corrected chi connectivity index (χ2v) is 2.89. The molecule has 8 heavy (non-hydrogen) atoms. The van der Waals surface area contributed by atoms with Gasteiger partial charge in [-0.1, -0.05) is 26.1 Å². The molecule has 2 atom stereocenters. The number of hydrogen-bond acceptors (Lipinski definition) is 1. The lowest BCUT2D eigenvalue weighted by molar-refractivity contribution is 0.321. The van der Waals surface area contributed by atoms with Crippen LogP contribution in [0.25, 0.3) is 0 Å². The SMILES string of the molecule is CC1CC(C)[C]1C=S. The zero-order chi connectivity index (χ0) is 6.15. The fourth-order valence-corrected chi connectivity index (χ4v) is 1.82. The molecule has 2 unspecified atom stereocenters. The van der Waals surface area contributed by atoms with Gasteiger partial charge in [-0.25, -0.2) is 0 Å². The molecule has 1 aliphatic carbocycles. The van der Waals surface area contributed by atoms with Crippen LogP contribution in [-0.2, 0) is 0 Å². The molecule has 0 spiro atoms. The van der Waals surface area contributed by atoms with E-state index >= 15 is 0 Å². The molecule has 0 bridgehead atoms. The van der Waals surface area contributed by atoms with Crippen molar-refractivity contribution in [3.05, 3.63) is 5.92 Å². The summed E-state index contributed by atoms with van der Waals surface area (Å²) in [6.07, 6.45) is 1.34. The van der Waals surface area contributed by atoms with Crippen LogP contribution in [0.5, 0.6) is 0 Å². The van der Waals surface area contributed by atoms with Crippen LogP contribution in [0.3, 0.4) is 0 Å². The average molecular weight is 127 g/mol. The Bertz CT molecular complexity index is 90.6. The lowest BCUT2D eigenvalue weighted by Gasteiger charge is -2.37. The highest BCUT2D eigenvalue weighted by molar-refractivity contribution is 7.79. The topological polar surface area (TPSA) is 0 Å². The summed E-state index contributed by atoms with van der Waals surface area (Å²) in [6, 6.07) is 0. The van der Waals surface area contributed by atoms with E-state index in [0.29, 0.717) is 0 Å². The van der Waals surface area contributed by atoms with Crippen LogP contribution in [0.4, 0.5) is 0 Å². The summed E-state index contributed by atoms with van der Waals surface area (Å²) in [6.45, 7) is 4.47. The molecule has 1 rings (SSSR count). The molecule has 0 aromatic carbocycles. The lowest BCUT2D eigenvalue weighted by atomic mass is 9.68. The molecule has 1 fully saturated rings. The Balaban J connectivity index is 2.39. The second kappa shape index (κ2) is 2.14. The number of thiocarbonyl (C=S) groups is 1. The molecule has 1 radical (unpaired) electrons. The fourth-order valence-electron chi connectivity index (χ4n) is 1.36. The highest BCUT2D eigenvalue weighted by Crippen LogP contribution is 2.40. The van der Waals surface area contributed by atoms with Crippen molar-refractivity contribution in [2.75, 3.05) is 0 Å². The van der Waals surface area contributed by atoms with Gasteiger partial charge in [-0.15, -0.1) is 0 Å². The van der Waals surface area contributed by atoms with Crippen LogP contribution in [0, 0.1) is 17.8 Å². The fraction of sp³-hybridized carbons (Fsp3) is 0.714. The molecule has 0 aromatic heterocycles. The van der Waals surface area contributed by atoms with Gasteiger partial charge in [0.15, 0.2) is 0 Å². The first-order valence-corrected chi connectivity index (χ1v) is 3.54. The molecule has 1 saturated carbocycles. The van der Waals surface area contributed by atoms with E-state index in [9.17, 15) is 0 Å². The van der Waals surface area contributed by atoms with Gasteiger partial charge in [0, 0.05) is 5.92 Å². The zero-order valence-electron chi connectivity index (χ0n) is 5.35. The summed E-state index contributed by atoms with van der Waals surface area (Å²) in [5, 5.41) is 1.85. The van der Waals surface area contributed by atoms with Gasteiger partial charge in [-0.3, -0.25) is 0 Å². The minimum absolute atomic E-state index is 0.780. The summed E-state index contributed by atoms with van der Waals surface area (Å²) in [7, 11) is 0. The van der Waals surface area contributed by atoms with Crippen LogP contribution in [0.15, 0.2) is 0 Å². The van der Waals surface area contributed by atoms with Crippen molar-refractivity contribution in [1.82, 2.24) is 0 Å². The summed E-state index contributed by atoms with van der Waals surface area (Å²) >= 11 is 4.82. The van der Waals surface area contributed by atoms with E-state index < -0.39 is 0 Å². The number of rotatable bonds is 1. The molecule has 0 heterocycles. The van der Waals surface area contributed by atoms with E-state index in [4.69, 9.17) is 12.2 Å². The van der Waals surface area contributed by atoms with E-state index in [1.165, 1.54) is 12.3 Å². The maximum atomic E-state index is 4.82. The van der Waals surface area contributed by atoms with Gasteiger partial charge in [-0.05, 0) is 23.6 Å². The molecule has 0 nitrogen and oxygen atoms in total. The van der Waals surface area contributed by atoms with Crippen LogP contribution < -0.4 is 0 Å². The Morgan fingerprint density at radius 3 is 2.12 bits per heavy atom. The smallest absolute Gasteiger partial charge is 0.0142 e. The molecule has 0 amide bonds. The normalized spacial score (nSPS) is 38.8. The molecule has 1 aliphatic rings. The molecular formula is C7H11S. The molecular weight excluding hydrogens is 116 g/mol. The van der Waals surface area contributed by atoms with E-state index in [1.54, 1.807) is 0 Å². The average Bonchev–Trinajstić information content (AvgIpc) is 1.67. The van der Waals surface area contributed by atoms with Crippen LogP contribution in [-0.4, -0.2) is 5.37 Å². The molecule has 0 aliphatic heterocycles. The molecule has 1 heteroatoms. The minimum Gasteiger partial charge on any atom is -0.0928 e. The highest BCUT2D eigenvalue weighted by Gasteiger charge is 2.32.